The monoisotopic (exact) mass is 308 g/mol. The Hall–Kier alpha value is -1.91. The molecule has 2 aliphatic rings. The van der Waals surface area contributed by atoms with Crippen LogP contribution in [0.15, 0.2) is 69.1 Å². The largest absolute Gasteiger partial charge is 0.356 e. The molecule has 2 aromatic carbocycles. The van der Waals surface area contributed by atoms with Gasteiger partial charge in [-0.15, -0.1) is 0 Å². The molecule has 0 saturated heterocycles. The second kappa shape index (κ2) is 5.47. The summed E-state index contributed by atoms with van der Waals surface area (Å²) in [5.41, 5.74) is 3.20. The fourth-order valence-electron chi connectivity index (χ4n) is 2.17. The predicted molar refractivity (Wildman–Crippen MR) is 90.3 cm³/mol. The first kappa shape index (κ1) is 12.8. The van der Waals surface area contributed by atoms with E-state index in [1.807, 2.05) is 24.3 Å². The summed E-state index contributed by atoms with van der Waals surface area (Å²) in [5.74, 6) is 0.759. The summed E-state index contributed by atoms with van der Waals surface area (Å²) in [4.78, 5) is 7.79. The van der Waals surface area contributed by atoms with Crippen LogP contribution in [-0.2, 0) is 0 Å². The number of hydrogen-bond donors (Lipinski definition) is 0. The molecule has 2 aromatic rings. The van der Waals surface area contributed by atoms with Crippen LogP contribution in [0, 0.1) is 0 Å². The standard InChI is InChI=1S/C17H10NOS2/c1-3-7-15-12(5-1)9-14(11-18-19-15)17-10-13-6-2-4-8-16(13)20-21-17/h1-10H. The molecule has 0 unspecified atom stereocenters. The molecule has 0 spiro atoms. The van der Waals surface area contributed by atoms with Crippen LogP contribution in [0.4, 0.5) is 0 Å². The lowest BCUT2D eigenvalue weighted by atomic mass is 10.1. The first-order valence-corrected chi connectivity index (χ1v) is 8.64. The first-order valence-electron chi connectivity index (χ1n) is 6.49. The second-order valence-corrected chi connectivity index (χ2v) is 6.82. The van der Waals surface area contributed by atoms with Crippen molar-refractivity contribution in [1.82, 2.24) is 0 Å². The van der Waals surface area contributed by atoms with E-state index in [0.29, 0.717) is 0 Å². The van der Waals surface area contributed by atoms with Crippen molar-refractivity contribution in [2.75, 3.05) is 0 Å². The highest BCUT2D eigenvalue weighted by Crippen LogP contribution is 2.47. The Labute approximate surface area is 131 Å². The maximum atomic E-state index is 5.36. The van der Waals surface area contributed by atoms with Gasteiger partial charge >= 0.3 is 0 Å². The number of hydrogen-bond acceptors (Lipinski definition) is 4. The number of nitrogens with zero attached hydrogens (tertiary/aromatic N) is 1. The van der Waals surface area contributed by atoms with Crippen molar-refractivity contribution in [3.05, 3.63) is 70.1 Å². The molecule has 101 valence electrons. The van der Waals surface area contributed by atoms with Gasteiger partial charge < -0.3 is 4.84 Å². The van der Waals surface area contributed by atoms with Crippen LogP contribution in [-0.4, -0.2) is 6.21 Å². The number of rotatable bonds is 1. The molecule has 0 N–H and O–H groups in total. The Bertz CT molecular complexity index is 793. The van der Waals surface area contributed by atoms with E-state index < -0.39 is 0 Å². The van der Waals surface area contributed by atoms with Gasteiger partial charge in [-0.3, -0.25) is 0 Å². The molecule has 2 heterocycles. The van der Waals surface area contributed by atoms with E-state index in [1.54, 1.807) is 21.6 Å². The van der Waals surface area contributed by atoms with Crippen LogP contribution < -0.4 is 4.84 Å². The summed E-state index contributed by atoms with van der Waals surface area (Å²) < 4.78 is 0. The van der Waals surface area contributed by atoms with E-state index in [2.05, 4.69) is 47.8 Å². The van der Waals surface area contributed by atoms with Gasteiger partial charge in [0.15, 0.2) is 5.75 Å². The second-order valence-electron chi connectivity index (χ2n) is 4.60. The normalized spacial score (nSPS) is 16.0. The van der Waals surface area contributed by atoms with Gasteiger partial charge in [-0.2, -0.15) is 0 Å². The van der Waals surface area contributed by atoms with Gasteiger partial charge in [-0.05, 0) is 29.8 Å². The zero-order chi connectivity index (χ0) is 14.1. The van der Waals surface area contributed by atoms with Crippen LogP contribution in [0.2, 0.25) is 0 Å². The van der Waals surface area contributed by atoms with E-state index in [-0.39, 0.29) is 0 Å². The molecule has 0 aromatic heterocycles. The minimum atomic E-state index is 0.759. The molecule has 0 atom stereocenters. The third kappa shape index (κ3) is 2.52. The fraction of sp³-hybridized carbons (Fsp3) is 0. The molecule has 21 heavy (non-hydrogen) atoms. The average molecular weight is 308 g/mol. The maximum absolute atomic E-state index is 5.36. The lowest BCUT2D eigenvalue weighted by molar-refractivity contribution is 0.344. The van der Waals surface area contributed by atoms with Gasteiger partial charge in [-0.25, -0.2) is 0 Å². The van der Waals surface area contributed by atoms with Crippen LogP contribution in [0.25, 0.3) is 12.2 Å². The highest BCUT2D eigenvalue weighted by Gasteiger charge is 2.16. The highest BCUT2D eigenvalue weighted by molar-refractivity contribution is 8.78. The molecule has 0 fully saturated rings. The molecule has 4 heteroatoms. The van der Waals surface area contributed by atoms with Gasteiger partial charge in [0.25, 0.3) is 0 Å². The van der Waals surface area contributed by atoms with Crippen molar-refractivity contribution >= 4 is 40.0 Å². The predicted octanol–water partition coefficient (Wildman–Crippen LogP) is 5.12. The van der Waals surface area contributed by atoms with Crippen molar-refractivity contribution in [2.24, 2.45) is 5.16 Å². The summed E-state index contributed by atoms with van der Waals surface area (Å²) in [6.07, 6.45) is 7.24. The van der Waals surface area contributed by atoms with Crippen molar-refractivity contribution < 1.29 is 4.84 Å². The van der Waals surface area contributed by atoms with Crippen LogP contribution in [0.3, 0.4) is 0 Å². The maximum Gasteiger partial charge on any atom is 0.165 e. The molecular weight excluding hydrogens is 298 g/mol. The van der Waals surface area contributed by atoms with E-state index in [9.17, 15) is 0 Å². The Morgan fingerprint density at radius 1 is 0.857 bits per heavy atom. The van der Waals surface area contributed by atoms with E-state index in [0.717, 1.165) is 21.8 Å². The third-order valence-corrected chi connectivity index (χ3v) is 5.70. The molecule has 4 rings (SSSR count). The molecule has 1 radical (unpaired) electrons. The molecule has 2 aliphatic heterocycles. The molecule has 0 amide bonds. The lowest BCUT2D eigenvalue weighted by Crippen LogP contribution is -1.91. The smallest absolute Gasteiger partial charge is 0.165 e. The van der Waals surface area contributed by atoms with E-state index in [4.69, 9.17) is 4.84 Å². The quantitative estimate of drug-likeness (QED) is 0.682. The molecule has 0 saturated carbocycles. The van der Waals surface area contributed by atoms with Crippen molar-refractivity contribution in [1.29, 1.82) is 0 Å². The zero-order valence-electron chi connectivity index (χ0n) is 10.9. The third-order valence-electron chi connectivity index (χ3n) is 3.22. The molecule has 0 bridgehead atoms. The Kier molecular flexibility index (Phi) is 3.33. The Morgan fingerprint density at radius 2 is 1.67 bits per heavy atom. The number of para-hydroxylation sites is 1. The number of fused-ring (bicyclic) bond motifs is 2. The molecular formula is C17H10NOS2. The van der Waals surface area contributed by atoms with Crippen molar-refractivity contribution in [3.8, 4) is 5.75 Å². The van der Waals surface area contributed by atoms with Gasteiger partial charge in [0.1, 0.15) is 6.21 Å². The molecule has 2 nitrogen and oxygen atoms in total. The average Bonchev–Trinajstić information content (AvgIpc) is 2.76. The van der Waals surface area contributed by atoms with Crippen molar-refractivity contribution in [3.63, 3.8) is 0 Å². The van der Waals surface area contributed by atoms with Crippen molar-refractivity contribution in [2.45, 2.75) is 4.90 Å². The Morgan fingerprint density at radius 3 is 2.62 bits per heavy atom. The van der Waals surface area contributed by atoms with Crippen LogP contribution in [0.1, 0.15) is 11.1 Å². The van der Waals surface area contributed by atoms with Crippen LogP contribution in [0.5, 0.6) is 5.75 Å². The van der Waals surface area contributed by atoms with Gasteiger partial charge in [0.2, 0.25) is 0 Å². The highest BCUT2D eigenvalue weighted by atomic mass is 33.1. The number of benzene rings is 2. The van der Waals surface area contributed by atoms with Crippen LogP contribution >= 0.6 is 21.6 Å². The summed E-state index contributed by atoms with van der Waals surface area (Å²) in [7, 11) is 3.49. The lowest BCUT2D eigenvalue weighted by Gasteiger charge is -2.14. The van der Waals surface area contributed by atoms with E-state index >= 15 is 0 Å². The Balaban J connectivity index is 1.78. The minimum absolute atomic E-state index is 0.759. The van der Waals surface area contributed by atoms with E-state index in [1.165, 1.54) is 10.5 Å². The van der Waals surface area contributed by atoms with Gasteiger partial charge in [-0.1, -0.05) is 63.1 Å². The minimum Gasteiger partial charge on any atom is -0.356 e. The number of allylic oxidation sites excluding steroid dienone is 1. The summed E-state index contributed by atoms with van der Waals surface area (Å²) in [6, 6.07) is 16.2. The zero-order valence-corrected chi connectivity index (χ0v) is 12.6. The molecule has 0 aliphatic carbocycles. The summed E-state index contributed by atoms with van der Waals surface area (Å²) >= 11 is 0. The fourth-order valence-corrected chi connectivity index (χ4v) is 4.49. The van der Waals surface area contributed by atoms with Gasteiger partial charge in [0.05, 0.1) is 0 Å². The summed E-state index contributed by atoms with van der Waals surface area (Å²) in [6.45, 7) is 0. The summed E-state index contributed by atoms with van der Waals surface area (Å²) in [5, 5.41) is 3.94. The van der Waals surface area contributed by atoms with Gasteiger partial charge in [0, 0.05) is 20.9 Å². The first-order chi connectivity index (χ1) is 10.4. The topological polar surface area (TPSA) is 21.6 Å². The SMILES string of the molecule is [C]1=NOc2ccccc2C=C1C1=Cc2ccccc2SS1.